The summed E-state index contributed by atoms with van der Waals surface area (Å²) in [5.41, 5.74) is 0. The van der Waals surface area contributed by atoms with Crippen LogP contribution in [0.3, 0.4) is 0 Å². The normalized spacial score (nSPS) is 11.2. The van der Waals surface area contributed by atoms with Crippen LogP contribution in [-0.4, -0.2) is 37.8 Å². The van der Waals surface area contributed by atoms with Crippen LogP contribution in [0, 0.1) is 0 Å². The molecule has 0 atom stereocenters. The van der Waals surface area contributed by atoms with Crippen molar-refractivity contribution in [3.8, 4) is 5.75 Å². The third kappa shape index (κ3) is 4.65. The first kappa shape index (κ1) is 13.8. The van der Waals surface area contributed by atoms with Gasteiger partial charge in [0.25, 0.3) is 0 Å². The molecule has 0 amide bonds. The lowest BCUT2D eigenvalue weighted by molar-refractivity contribution is -0.118. The number of ketones is 1. The molecule has 94 valence electrons. The SMILES string of the molecule is COP(=O)(CC(=O)COc1cccnc1)OC. The molecule has 0 spiro atoms. The van der Waals surface area contributed by atoms with Gasteiger partial charge in [-0.25, -0.2) is 0 Å². The summed E-state index contributed by atoms with van der Waals surface area (Å²) in [7, 11) is -0.832. The van der Waals surface area contributed by atoms with E-state index in [-0.39, 0.29) is 18.6 Å². The summed E-state index contributed by atoms with van der Waals surface area (Å²) < 4.78 is 26.1. The van der Waals surface area contributed by atoms with E-state index in [0.29, 0.717) is 5.75 Å². The van der Waals surface area contributed by atoms with Gasteiger partial charge in [-0.05, 0) is 12.1 Å². The first-order valence-corrected chi connectivity index (χ1v) is 6.57. The Labute approximate surface area is 99.4 Å². The van der Waals surface area contributed by atoms with E-state index in [0.717, 1.165) is 0 Å². The average Bonchev–Trinajstić information content (AvgIpc) is 2.37. The highest BCUT2D eigenvalue weighted by Gasteiger charge is 2.25. The minimum absolute atomic E-state index is 0.192. The van der Waals surface area contributed by atoms with Crippen LogP contribution in [0.2, 0.25) is 0 Å². The molecule has 1 aromatic heterocycles. The number of nitrogens with zero attached hydrogens (tertiary/aromatic N) is 1. The minimum atomic E-state index is -3.30. The molecule has 1 aromatic rings. The van der Waals surface area contributed by atoms with E-state index in [1.807, 2.05) is 0 Å². The van der Waals surface area contributed by atoms with Crippen LogP contribution < -0.4 is 4.74 Å². The second-order valence-corrected chi connectivity index (χ2v) is 5.42. The maximum Gasteiger partial charge on any atom is 0.337 e. The van der Waals surface area contributed by atoms with Gasteiger partial charge in [-0.1, -0.05) is 0 Å². The molecule has 6 nitrogen and oxygen atoms in total. The molecule has 1 rings (SSSR count). The average molecular weight is 259 g/mol. The summed E-state index contributed by atoms with van der Waals surface area (Å²) in [5, 5.41) is 0. The largest absolute Gasteiger partial charge is 0.484 e. The van der Waals surface area contributed by atoms with Crippen LogP contribution in [-0.2, 0) is 18.4 Å². The van der Waals surface area contributed by atoms with Crippen molar-refractivity contribution in [3.63, 3.8) is 0 Å². The Balaban J connectivity index is 2.43. The molecule has 0 fully saturated rings. The van der Waals surface area contributed by atoms with Crippen molar-refractivity contribution in [2.45, 2.75) is 0 Å². The Morgan fingerprint density at radius 3 is 2.65 bits per heavy atom. The molecule has 0 saturated heterocycles. The molecule has 7 heteroatoms. The van der Waals surface area contributed by atoms with E-state index in [9.17, 15) is 9.36 Å². The maximum atomic E-state index is 11.6. The molecule has 0 N–H and O–H groups in total. The Morgan fingerprint density at radius 1 is 1.41 bits per heavy atom. The van der Waals surface area contributed by atoms with E-state index in [1.165, 1.54) is 20.4 Å². The Morgan fingerprint density at radius 2 is 2.12 bits per heavy atom. The van der Waals surface area contributed by atoms with Gasteiger partial charge in [0.15, 0.2) is 5.78 Å². The fraction of sp³-hybridized carbons (Fsp3) is 0.400. The highest BCUT2D eigenvalue weighted by Crippen LogP contribution is 2.45. The molecule has 17 heavy (non-hydrogen) atoms. The van der Waals surface area contributed by atoms with Crippen molar-refractivity contribution in [3.05, 3.63) is 24.5 Å². The summed E-state index contributed by atoms with van der Waals surface area (Å²) in [5.74, 6) is 0.117. The lowest BCUT2D eigenvalue weighted by Gasteiger charge is -2.12. The fourth-order valence-corrected chi connectivity index (χ4v) is 1.99. The Kier molecular flexibility index (Phi) is 5.28. The van der Waals surface area contributed by atoms with Crippen molar-refractivity contribution < 1.29 is 23.1 Å². The molecule has 0 aliphatic heterocycles. The predicted molar refractivity (Wildman–Crippen MR) is 61.2 cm³/mol. The quantitative estimate of drug-likeness (QED) is 0.691. The van der Waals surface area contributed by atoms with Gasteiger partial charge in [-0.15, -0.1) is 0 Å². The molecule has 0 saturated carbocycles. The topological polar surface area (TPSA) is 74.7 Å². The number of carbonyl (C=O) groups excluding carboxylic acids is 1. The number of hydrogen-bond acceptors (Lipinski definition) is 6. The van der Waals surface area contributed by atoms with Gasteiger partial charge in [-0.3, -0.25) is 14.3 Å². The van der Waals surface area contributed by atoms with E-state index in [4.69, 9.17) is 4.74 Å². The first-order chi connectivity index (χ1) is 8.09. The van der Waals surface area contributed by atoms with Crippen molar-refractivity contribution in [1.29, 1.82) is 0 Å². The van der Waals surface area contributed by atoms with Crippen molar-refractivity contribution >= 4 is 13.4 Å². The van der Waals surface area contributed by atoms with Gasteiger partial charge in [0.1, 0.15) is 18.5 Å². The molecule has 1 heterocycles. The number of pyridine rings is 1. The molecule has 0 aliphatic carbocycles. The smallest absolute Gasteiger partial charge is 0.337 e. The zero-order chi connectivity index (χ0) is 12.7. The highest BCUT2D eigenvalue weighted by molar-refractivity contribution is 7.54. The number of Topliss-reactive ketones (excluding diaryl/α,β-unsaturated/α-hetero) is 1. The summed E-state index contributed by atoms with van der Waals surface area (Å²) >= 11 is 0. The lowest BCUT2D eigenvalue weighted by atomic mass is 10.4. The molecule has 0 radical (unpaired) electrons. The summed E-state index contributed by atoms with van der Waals surface area (Å²) in [6.45, 7) is -0.192. The molecular weight excluding hydrogens is 245 g/mol. The molecule has 0 aromatic carbocycles. The number of rotatable bonds is 7. The Bertz CT molecular complexity index is 400. The molecular formula is C10H14NO5P. The maximum absolute atomic E-state index is 11.6. The molecule has 0 unspecified atom stereocenters. The van der Waals surface area contributed by atoms with Gasteiger partial charge >= 0.3 is 7.60 Å². The van der Waals surface area contributed by atoms with Gasteiger partial charge in [0, 0.05) is 20.4 Å². The van der Waals surface area contributed by atoms with Gasteiger partial charge in [-0.2, -0.15) is 0 Å². The summed E-state index contributed by atoms with van der Waals surface area (Å²) in [6.07, 6.45) is 2.78. The van der Waals surface area contributed by atoms with Gasteiger partial charge < -0.3 is 13.8 Å². The van der Waals surface area contributed by atoms with Crippen LogP contribution in [0.25, 0.3) is 0 Å². The Hall–Kier alpha value is -1.23. The van der Waals surface area contributed by atoms with Crippen LogP contribution in [0.4, 0.5) is 0 Å². The van der Waals surface area contributed by atoms with E-state index in [2.05, 4.69) is 14.0 Å². The number of ether oxygens (including phenoxy) is 1. The second-order valence-electron chi connectivity index (χ2n) is 3.15. The van der Waals surface area contributed by atoms with Crippen molar-refractivity contribution in [2.24, 2.45) is 0 Å². The van der Waals surface area contributed by atoms with Crippen LogP contribution in [0.15, 0.2) is 24.5 Å². The van der Waals surface area contributed by atoms with E-state index < -0.39 is 7.60 Å². The number of aromatic nitrogens is 1. The zero-order valence-electron chi connectivity index (χ0n) is 9.66. The minimum Gasteiger partial charge on any atom is -0.484 e. The van der Waals surface area contributed by atoms with Crippen LogP contribution >= 0.6 is 7.60 Å². The van der Waals surface area contributed by atoms with Crippen molar-refractivity contribution in [1.82, 2.24) is 4.98 Å². The predicted octanol–water partition coefficient (Wildman–Crippen LogP) is 1.52. The monoisotopic (exact) mass is 259 g/mol. The number of carbonyl (C=O) groups is 1. The zero-order valence-corrected chi connectivity index (χ0v) is 10.6. The van der Waals surface area contributed by atoms with Gasteiger partial charge in [0.2, 0.25) is 0 Å². The second kappa shape index (κ2) is 6.49. The van der Waals surface area contributed by atoms with Crippen LogP contribution in [0.5, 0.6) is 5.75 Å². The lowest BCUT2D eigenvalue weighted by Crippen LogP contribution is -2.16. The summed E-state index contributed by atoms with van der Waals surface area (Å²) in [6, 6.07) is 3.36. The van der Waals surface area contributed by atoms with E-state index in [1.54, 1.807) is 18.3 Å². The third-order valence-corrected chi connectivity index (χ3v) is 3.81. The molecule has 0 bridgehead atoms. The fourth-order valence-electron chi connectivity index (χ4n) is 1.06. The standard InChI is InChI=1S/C10H14NO5P/c1-14-17(13,15-2)8-9(12)7-16-10-4-3-5-11-6-10/h3-6H,7-8H2,1-2H3. The highest BCUT2D eigenvalue weighted by atomic mass is 31.2. The first-order valence-electron chi connectivity index (χ1n) is 4.84. The number of hydrogen-bond donors (Lipinski definition) is 0. The van der Waals surface area contributed by atoms with E-state index >= 15 is 0 Å². The van der Waals surface area contributed by atoms with Crippen LogP contribution in [0.1, 0.15) is 0 Å². The third-order valence-electron chi connectivity index (χ3n) is 1.96. The van der Waals surface area contributed by atoms with Gasteiger partial charge in [0.05, 0.1) is 6.20 Å². The summed E-state index contributed by atoms with van der Waals surface area (Å²) in [4.78, 5) is 15.3. The van der Waals surface area contributed by atoms with Crippen molar-refractivity contribution in [2.75, 3.05) is 27.0 Å². The molecule has 0 aliphatic rings.